The van der Waals surface area contributed by atoms with Gasteiger partial charge in [-0.1, -0.05) is 90.8 Å². The van der Waals surface area contributed by atoms with E-state index in [2.05, 4.69) is 71.9 Å². The topological polar surface area (TPSA) is 172 Å². The molecule has 0 atom stereocenters. The number of hydrogen-bond donors (Lipinski definition) is 4. The van der Waals surface area contributed by atoms with Crippen molar-refractivity contribution in [2.45, 2.75) is 67.2 Å². The summed E-state index contributed by atoms with van der Waals surface area (Å²) in [5.41, 5.74) is 8.98. The number of hydrogen-bond acceptors (Lipinski definition) is 10. The Bertz CT molecular complexity index is 1950. The molecule has 5 N–H and O–H groups in total. The number of rotatable bonds is 21. The highest BCUT2D eigenvalue weighted by Gasteiger charge is 2.15. The van der Waals surface area contributed by atoms with E-state index in [1.807, 2.05) is 48.5 Å². The summed E-state index contributed by atoms with van der Waals surface area (Å²) in [5.74, 6) is -0.0562. The molecule has 13 nitrogen and oxygen atoms in total. The first-order valence-corrected chi connectivity index (χ1v) is 21.2. The van der Waals surface area contributed by atoms with Crippen LogP contribution in [0.15, 0.2) is 84.9 Å². The van der Waals surface area contributed by atoms with Crippen LogP contribution >= 0.6 is 24.8 Å². The van der Waals surface area contributed by atoms with E-state index >= 15 is 0 Å². The van der Waals surface area contributed by atoms with E-state index in [-0.39, 0.29) is 42.2 Å². The van der Waals surface area contributed by atoms with E-state index in [4.69, 9.17) is 20.3 Å². The average Bonchev–Trinajstić information content (AvgIpc) is 3.26. The molecule has 5 rings (SSSR count). The third kappa shape index (κ3) is 18.4. The van der Waals surface area contributed by atoms with Crippen LogP contribution < -0.4 is 25.8 Å². The maximum atomic E-state index is 12.7. The second-order valence-corrected chi connectivity index (χ2v) is 13.9. The van der Waals surface area contributed by atoms with Crippen molar-refractivity contribution in [1.29, 1.82) is 0 Å². The lowest BCUT2D eigenvalue weighted by molar-refractivity contribution is 0.0696. The van der Waals surface area contributed by atoms with E-state index in [0.717, 1.165) is 86.8 Å². The molecule has 0 saturated carbocycles. The number of carbonyl (C=O) groups is 3. The quantitative estimate of drug-likeness (QED) is 0.0410. The fraction of sp³-hybridized carbons (Fsp3) is 0.426. The molecule has 2 aromatic heterocycles. The van der Waals surface area contributed by atoms with E-state index in [9.17, 15) is 14.4 Å². The number of carboxylic acids is 1. The maximum absolute atomic E-state index is 12.7. The van der Waals surface area contributed by atoms with Crippen molar-refractivity contribution in [1.82, 2.24) is 30.4 Å². The number of nitrogen functional groups attached to an aromatic ring is 1. The highest BCUT2D eigenvalue weighted by atomic mass is 35.5. The van der Waals surface area contributed by atoms with Gasteiger partial charge in [-0.3, -0.25) is 9.59 Å². The summed E-state index contributed by atoms with van der Waals surface area (Å²) < 4.78 is 11.4. The molecule has 0 aliphatic carbocycles. The van der Waals surface area contributed by atoms with Gasteiger partial charge in [-0.2, -0.15) is 0 Å². The van der Waals surface area contributed by atoms with Crippen molar-refractivity contribution in [3.05, 3.63) is 102 Å². The van der Waals surface area contributed by atoms with Gasteiger partial charge in [-0.25, -0.2) is 14.8 Å². The number of benzene rings is 3. The van der Waals surface area contributed by atoms with Crippen LogP contribution in [-0.4, -0.2) is 108 Å². The normalized spacial score (nSPS) is 10.4. The summed E-state index contributed by atoms with van der Waals surface area (Å²) in [6, 6.07) is 24.9. The number of pyridine rings is 2. The number of nitrogens with one attached hydrogen (secondary N) is 2. The van der Waals surface area contributed by atoms with Gasteiger partial charge in [-0.05, 0) is 75.4 Å². The summed E-state index contributed by atoms with van der Waals surface area (Å²) in [6.45, 7) is 20.9. The van der Waals surface area contributed by atoms with E-state index in [1.54, 1.807) is 24.3 Å². The average molecular weight is 897 g/mol. The highest BCUT2D eigenvalue weighted by molar-refractivity contribution is 6.07. The largest absolute Gasteiger partial charge is 0.478 e. The van der Waals surface area contributed by atoms with Crippen molar-refractivity contribution in [2.75, 3.05) is 71.3 Å². The molecule has 0 spiro atoms. The van der Waals surface area contributed by atoms with Gasteiger partial charge in [0.15, 0.2) is 0 Å². The van der Waals surface area contributed by atoms with Crippen molar-refractivity contribution >= 4 is 70.1 Å². The van der Waals surface area contributed by atoms with Crippen LogP contribution in [0.25, 0.3) is 21.8 Å². The number of nitrogens with zero attached hydrogens (tertiary/aromatic N) is 4. The molecule has 5 aromatic rings. The Morgan fingerprint density at radius 2 is 1.00 bits per heavy atom. The zero-order chi connectivity index (χ0) is 43.7. The van der Waals surface area contributed by atoms with Gasteiger partial charge in [0.2, 0.25) is 11.8 Å². The predicted octanol–water partition coefficient (Wildman–Crippen LogP) is 8.78. The van der Waals surface area contributed by atoms with Crippen LogP contribution in [0.2, 0.25) is 0 Å². The Balaban J connectivity index is 0.000000495. The number of amides is 2. The molecule has 340 valence electrons. The summed E-state index contributed by atoms with van der Waals surface area (Å²) >= 11 is 0. The molecule has 0 aliphatic heterocycles. The number of ether oxygens (including phenoxy) is 2. The van der Waals surface area contributed by atoms with Gasteiger partial charge in [0.25, 0.3) is 11.8 Å². The van der Waals surface area contributed by atoms with Gasteiger partial charge in [-0.15, -0.1) is 24.8 Å². The van der Waals surface area contributed by atoms with E-state index in [1.165, 1.54) is 12.1 Å². The fourth-order valence-electron chi connectivity index (χ4n) is 6.02. The second kappa shape index (κ2) is 30.8. The Morgan fingerprint density at radius 1 is 0.613 bits per heavy atom. The first-order valence-electron chi connectivity index (χ1n) is 21.2. The van der Waals surface area contributed by atoms with Gasteiger partial charge in [0.05, 0.1) is 40.9 Å². The molecular formula is C47H67Cl2N7O6. The molecular weight excluding hydrogens is 829 g/mol. The van der Waals surface area contributed by atoms with Crippen LogP contribution in [-0.2, 0) is 0 Å². The van der Waals surface area contributed by atoms with Gasteiger partial charge in [0, 0.05) is 54.8 Å². The number of likely N-dealkylation sites (N-methyl/N-ethyl adjacent to an activating group) is 2. The summed E-state index contributed by atoms with van der Waals surface area (Å²) in [7, 11) is 0. The number of nitrogens with two attached hydrogens (primary N) is 1. The third-order valence-electron chi connectivity index (χ3n) is 9.74. The molecule has 0 radical (unpaired) electrons. The van der Waals surface area contributed by atoms with Gasteiger partial charge >= 0.3 is 5.97 Å². The minimum atomic E-state index is -0.931. The van der Waals surface area contributed by atoms with Crippen LogP contribution in [0.3, 0.4) is 0 Å². The first-order chi connectivity index (χ1) is 29.1. The number of carbonyl (C=O) groups excluding carboxylic acids is 2. The van der Waals surface area contributed by atoms with Crippen molar-refractivity contribution in [3.8, 4) is 11.8 Å². The molecule has 2 heterocycles. The van der Waals surface area contributed by atoms with Crippen LogP contribution in [0.1, 0.15) is 98.3 Å². The van der Waals surface area contributed by atoms with Crippen LogP contribution in [0.5, 0.6) is 11.8 Å². The first kappa shape index (κ1) is 54.8. The van der Waals surface area contributed by atoms with E-state index in [0.29, 0.717) is 54.9 Å². The lowest BCUT2D eigenvalue weighted by Gasteiger charge is -2.18. The Kier molecular flexibility index (Phi) is 27.2. The number of para-hydroxylation sites is 2. The Labute approximate surface area is 380 Å². The molecule has 3 aromatic carbocycles. The Morgan fingerprint density at radius 3 is 1.35 bits per heavy atom. The molecule has 2 amide bonds. The number of fused-ring (bicyclic) bond motifs is 2. The zero-order valence-corrected chi connectivity index (χ0v) is 38.8. The van der Waals surface area contributed by atoms with Crippen molar-refractivity contribution < 1.29 is 29.0 Å². The number of halogens is 2. The molecule has 15 heteroatoms. The number of carboxylic acid groups (broad SMARTS) is 1. The summed E-state index contributed by atoms with van der Waals surface area (Å²) in [5, 5.41) is 16.2. The number of unbranched alkanes of at least 4 members (excludes halogenated alkanes) is 2. The smallest absolute Gasteiger partial charge is 0.335 e. The highest BCUT2D eigenvalue weighted by Crippen LogP contribution is 2.23. The molecule has 0 fully saturated rings. The standard InChI is InChI=1S/2C20H29N3O2.C7H7NO2.2ClH/c2*1-4-7-14-25-19-15-17(16-10-8-9-11-18(16)22-19)20(24)21-12-13-23(5-2)6-3;8-6-3-1-5(2-4-6)7(9)10;;/h2*8-11,15H,4-7,12-14H2,1-3H3,(H,21,24);1-4H,8H2,(H,9,10);2*1H. The number of anilines is 1. The Hall–Kier alpha value is -5.21. The van der Waals surface area contributed by atoms with Crippen LogP contribution in [0, 0.1) is 0 Å². The second-order valence-electron chi connectivity index (χ2n) is 13.9. The lowest BCUT2D eigenvalue weighted by atomic mass is 10.1. The molecule has 0 bridgehead atoms. The predicted molar refractivity (Wildman–Crippen MR) is 257 cm³/mol. The van der Waals surface area contributed by atoms with Crippen molar-refractivity contribution in [2.24, 2.45) is 0 Å². The maximum Gasteiger partial charge on any atom is 0.335 e. The number of aromatic nitrogens is 2. The summed E-state index contributed by atoms with van der Waals surface area (Å²) in [4.78, 5) is 49.2. The van der Waals surface area contributed by atoms with E-state index < -0.39 is 5.97 Å². The minimum Gasteiger partial charge on any atom is -0.478 e. The zero-order valence-electron chi connectivity index (χ0n) is 37.2. The SMILES string of the molecule is CCCCOc1cc(C(=O)NCCN(CC)CC)c2ccccc2n1.CCCCOc1cc(C(=O)NCCN(CC)CC)c2ccccc2n1.Cl.Cl.Nc1ccc(C(=O)O)cc1. The molecule has 0 unspecified atom stereocenters. The van der Waals surface area contributed by atoms with Gasteiger partial charge in [0.1, 0.15) is 0 Å². The monoisotopic (exact) mass is 895 g/mol. The lowest BCUT2D eigenvalue weighted by Crippen LogP contribution is -2.34. The third-order valence-corrected chi connectivity index (χ3v) is 9.74. The fourth-order valence-corrected chi connectivity index (χ4v) is 6.02. The summed E-state index contributed by atoms with van der Waals surface area (Å²) in [6.07, 6.45) is 4.07. The molecule has 62 heavy (non-hydrogen) atoms. The molecule has 0 saturated heterocycles. The van der Waals surface area contributed by atoms with Crippen LogP contribution in [0.4, 0.5) is 5.69 Å². The van der Waals surface area contributed by atoms with Gasteiger partial charge < -0.3 is 40.7 Å². The number of aromatic carboxylic acids is 1. The molecule has 0 aliphatic rings. The minimum absolute atomic E-state index is 0. The van der Waals surface area contributed by atoms with Crippen molar-refractivity contribution in [3.63, 3.8) is 0 Å².